The lowest BCUT2D eigenvalue weighted by Crippen LogP contribution is -2.44. The molecule has 0 aliphatic carbocycles. The molecule has 38 heavy (non-hydrogen) atoms. The van der Waals surface area contributed by atoms with E-state index in [0.29, 0.717) is 37.2 Å². The van der Waals surface area contributed by atoms with Crippen LogP contribution in [0.2, 0.25) is 0 Å². The molecular formula is C27H28F3N3O5. The highest BCUT2D eigenvalue weighted by Crippen LogP contribution is 2.35. The van der Waals surface area contributed by atoms with Crippen LogP contribution in [0.5, 0.6) is 5.75 Å². The summed E-state index contributed by atoms with van der Waals surface area (Å²) in [5, 5.41) is 2.43. The Bertz CT molecular complexity index is 1260. The minimum absolute atomic E-state index is 0.116. The molecule has 0 unspecified atom stereocenters. The highest BCUT2D eigenvalue weighted by Gasteiger charge is 2.42. The number of carbonyl (C=O) groups is 2. The van der Waals surface area contributed by atoms with Gasteiger partial charge in [-0.25, -0.2) is 9.78 Å². The number of benzene rings is 2. The van der Waals surface area contributed by atoms with Gasteiger partial charge in [-0.3, -0.25) is 4.79 Å². The van der Waals surface area contributed by atoms with Gasteiger partial charge in [0, 0.05) is 37.2 Å². The molecule has 1 saturated heterocycles. The minimum Gasteiger partial charge on any atom is -0.490 e. The van der Waals surface area contributed by atoms with Crippen LogP contribution in [0.25, 0.3) is 11.5 Å². The number of carbonyl (C=O) groups excluding carboxylic acids is 2. The van der Waals surface area contributed by atoms with Crippen molar-refractivity contribution in [3.05, 3.63) is 66.1 Å². The molecule has 0 saturated carbocycles. The number of rotatable bonds is 5. The Labute approximate surface area is 217 Å². The van der Waals surface area contributed by atoms with E-state index in [1.54, 1.807) is 35.2 Å². The zero-order valence-corrected chi connectivity index (χ0v) is 21.2. The smallest absolute Gasteiger partial charge is 0.452 e. The van der Waals surface area contributed by atoms with Crippen LogP contribution in [0.15, 0.2) is 59.0 Å². The number of nitrogens with one attached hydrogen (secondary N) is 1. The Morgan fingerprint density at radius 1 is 1.00 bits per heavy atom. The molecule has 1 aromatic heterocycles. The van der Waals surface area contributed by atoms with Gasteiger partial charge in [-0.1, -0.05) is 18.2 Å². The largest absolute Gasteiger partial charge is 0.490 e. The second-order valence-corrected chi connectivity index (χ2v) is 9.82. The maximum Gasteiger partial charge on any atom is 0.452 e. The standard InChI is InChI=1S/C27H28F3N3O5/c1-26(2,3)38-25(35)33-15-13-20(14-16-33)36-19-11-9-18(10-12-19)31-23(34)21-22(27(28,29)30)37-24(32-21)17-7-5-4-6-8-17/h4-12,20H,13-16H2,1-3H3,(H,31,34). The maximum absolute atomic E-state index is 13.5. The lowest BCUT2D eigenvalue weighted by molar-refractivity contribution is -0.153. The summed E-state index contributed by atoms with van der Waals surface area (Å²) in [6.07, 6.45) is -4.13. The number of nitrogens with zero attached hydrogens (tertiary/aromatic N) is 2. The van der Waals surface area contributed by atoms with Gasteiger partial charge < -0.3 is 24.1 Å². The number of likely N-dealkylation sites (tertiary alicyclic amines) is 1. The number of anilines is 1. The monoisotopic (exact) mass is 531 g/mol. The van der Waals surface area contributed by atoms with Crippen LogP contribution in [0.3, 0.4) is 0 Å². The van der Waals surface area contributed by atoms with E-state index in [1.807, 2.05) is 20.8 Å². The van der Waals surface area contributed by atoms with E-state index in [1.165, 1.54) is 24.3 Å². The Balaban J connectivity index is 1.36. The van der Waals surface area contributed by atoms with E-state index in [-0.39, 0.29) is 23.8 Å². The fourth-order valence-electron chi connectivity index (χ4n) is 3.85. The van der Waals surface area contributed by atoms with Crippen molar-refractivity contribution in [2.45, 2.75) is 51.5 Å². The number of halogens is 3. The molecule has 2 heterocycles. The van der Waals surface area contributed by atoms with Gasteiger partial charge in [-0.05, 0) is 57.2 Å². The Hall–Kier alpha value is -4.02. The fourth-order valence-corrected chi connectivity index (χ4v) is 3.85. The molecule has 1 aliphatic rings. The molecule has 1 fully saturated rings. The molecule has 8 nitrogen and oxygen atoms in total. The third-order valence-corrected chi connectivity index (χ3v) is 5.63. The van der Waals surface area contributed by atoms with Gasteiger partial charge in [0.05, 0.1) is 0 Å². The van der Waals surface area contributed by atoms with E-state index in [9.17, 15) is 22.8 Å². The number of hydrogen-bond acceptors (Lipinski definition) is 6. The normalized spacial score (nSPS) is 14.7. The quantitative estimate of drug-likeness (QED) is 0.410. The van der Waals surface area contributed by atoms with Crippen molar-refractivity contribution in [3.8, 4) is 17.2 Å². The van der Waals surface area contributed by atoms with Crippen molar-refractivity contribution >= 4 is 17.7 Å². The van der Waals surface area contributed by atoms with Gasteiger partial charge >= 0.3 is 12.3 Å². The molecule has 202 valence electrons. The molecule has 1 aliphatic heterocycles. The maximum atomic E-state index is 13.5. The van der Waals surface area contributed by atoms with Crippen molar-refractivity contribution < 1.29 is 36.7 Å². The van der Waals surface area contributed by atoms with Gasteiger partial charge in [-0.2, -0.15) is 13.2 Å². The first-order chi connectivity index (χ1) is 17.9. The van der Waals surface area contributed by atoms with Gasteiger partial charge in [0.15, 0.2) is 5.69 Å². The second kappa shape index (κ2) is 10.8. The lowest BCUT2D eigenvalue weighted by Gasteiger charge is -2.33. The van der Waals surface area contributed by atoms with Gasteiger partial charge in [0.2, 0.25) is 11.7 Å². The number of oxazole rings is 1. The summed E-state index contributed by atoms with van der Waals surface area (Å²) >= 11 is 0. The summed E-state index contributed by atoms with van der Waals surface area (Å²) in [7, 11) is 0. The van der Waals surface area contributed by atoms with E-state index < -0.39 is 29.1 Å². The van der Waals surface area contributed by atoms with Crippen molar-refractivity contribution in [2.24, 2.45) is 0 Å². The van der Waals surface area contributed by atoms with E-state index in [4.69, 9.17) is 13.9 Å². The molecule has 0 radical (unpaired) electrons. The van der Waals surface area contributed by atoms with Crippen molar-refractivity contribution in [1.29, 1.82) is 0 Å². The topological polar surface area (TPSA) is 93.9 Å². The Kier molecular flexibility index (Phi) is 7.66. The van der Waals surface area contributed by atoms with E-state index in [2.05, 4.69) is 10.3 Å². The summed E-state index contributed by atoms with van der Waals surface area (Å²) in [6.45, 7) is 6.44. The Morgan fingerprint density at radius 3 is 2.21 bits per heavy atom. The fraction of sp³-hybridized carbons (Fsp3) is 0.370. The van der Waals surface area contributed by atoms with Gasteiger partial charge in [0.1, 0.15) is 17.5 Å². The lowest BCUT2D eigenvalue weighted by atomic mass is 10.1. The van der Waals surface area contributed by atoms with Crippen molar-refractivity contribution in [1.82, 2.24) is 9.88 Å². The van der Waals surface area contributed by atoms with Crippen LogP contribution in [0.4, 0.5) is 23.7 Å². The summed E-state index contributed by atoms with van der Waals surface area (Å²) < 4.78 is 56.9. The summed E-state index contributed by atoms with van der Waals surface area (Å²) in [5.41, 5.74) is -0.836. The first-order valence-electron chi connectivity index (χ1n) is 12.1. The second-order valence-electron chi connectivity index (χ2n) is 9.82. The third-order valence-electron chi connectivity index (χ3n) is 5.63. The predicted octanol–water partition coefficient (Wildman–Crippen LogP) is 6.39. The number of amides is 2. The zero-order chi connectivity index (χ0) is 27.5. The molecule has 1 N–H and O–H groups in total. The molecule has 2 aromatic carbocycles. The number of aromatic nitrogens is 1. The van der Waals surface area contributed by atoms with Crippen LogP contribution >= 0.6 is 0 Å². The van der Waals surface area contributed by atoms with Crippen molar-refractivity contribution in [2.75, 3.05) is 18.4 Å². The average Bonchev–Trinajstić information content (AvgIpc) is 3.32. The molecule has 0 spiro atoms. The number of hydrogen-bond donors (Lipinski definition) is 1. The van der Waals surface area contributed by atoms with Gasteiger partial charge in [0.25, 0.3) is 5.91 Å². The first kappa shape index (κ1) is 27.0. The molecular weight excluding hydrogens is 503 g/mol. The zero-order valence-electron chi connectivity index (χ0n) is 21.2. The number of alkyl halides is 3. The van der Waals surface area contributed by atoms with Crippen LogP contribution in [0.1, 0.15) is 49.9 Å². The summed E-state index contributed by atoms with van der Waals surface area (Å²) in [6, 6.07) is 14.3. The minimum atomic E-state index is -4.90. The molecule has 2 amide bonds. The highest BCUT2D eigenvalue weighted by molar-refractivity contribution is 6.04. The predicted molar refractivity (Wildman–Crippen MR) is 133 cm³/mol. The van der Waals surface area contributed by atoms with Crippen molar-refractivity contribution in [3.63, 3.8) is 0 Å². The van der Waals surface area contributed by atoms with Gasteiger partial charge in [-0.15, -0.1) is 0 Å². The van der Waals surface area contributed by atoms with Crippen LogP contribution in [-0.4, -0.2) is 46.7 Å². The Morgan fingerprint density at radius 2 is 1.63 bits per heavy atom. The highest BCUT2D eigenvalue weighted by atomic mass is 19.4. The molecule has 11 heteroatoms. The van der Waals surface area contributed by atoms with E-state index >= 15 is 0 Å². The number of piperidine rings is 1. The van der Waals surface area contributed by atoms with E-state index in [0.717, 1.165) is 0 Å². The molecule has 0 bridgehead atoms. The molecule has 0 atom stereocenters. The summed E-state index contributed by atoms with van der Waals surface area (Å²) in [4.78, 5) is 30.4. The third kappa shape index (κ3) is 6.84. The average molecular weight is 532 g/mol. The van der Waals surface area contributed by atoms with Crippen LogP contribution in [0, 0.1) is 0 Å². The molecule has 3 aromatic rings. The van der Waals surface area contributed by atoms with Crippen LogP contribution in [-0.2, 0) is 10.9 Å². The number of ether oxygens (including phenoxy) is 2. The van der Waals surface area contributed by atoms with Crippen LogP contribution < -0.4 is 10.1 Å². The molecule has 4 rings (SSSR count). The SMILES string of the molecule is CC(C)(C)OC(=O)N1CCC(Oc2ccc(NC(=O)c3nc(-c4ccccc4)oc3C(F)(F)F)cc2)CC1. The first-order valence-corrected chi connectivity index (χ1v) is 12.1. The summed E-state index contributed by atoms with van der Waals surface area (Å²) in [5.74, 6) is -2.29.